The van der Waals surface area contributed by atoms with E-state index in [0.717, 1.165) is 24.8 Å². The lowest BCUT2D eigenvalue weighted by molar-refractivity contribution is -0.157. The second-order valence-corrected chi connectivity index (χ2v) is 23.2. The summed E-state index contributed by atoms with van der Waals surface area (Å²) in [5.74, 6) is -4.89. The Morgan fingerprint density at radius 3 is 2.07 bits per heavy atom. The lowest BCUT2D eigenvalue weighted by atomic mass is 9.94. The van der Waals surface area contributed by atoms with Crippen LogP contribution in [0.25, 0.3) is 0 Å². The van der Waals surface area contributed by atoms with Gasteiger partial charge >= 0.3 is 5.97 Å². The fraction of sp³-hybridized carbons (Fsp3) is 0.733. The van der Waals surface area contributed by atoms with Crippen LogP contribution in [0.1, 0.15) is 120 Å². The van der Waals surface area contributed by atoms with Gasteiger partial charge in [0, 0.05) is 7.05 Å². The Balaban J connectivity index is 2.71. The number of unbranched alkanes of at least 4 members (excludes halogenated alkanes) is 3. The Kier molecular flexibility index (Phi) is 21.4. The van der Waals surface area contributed by atoms with Crippen molar-refractivity contribution in [2.45, 2.75) is 175 Å². The van der Waals surface area contributed by atoms with Gasteiger partial charge in [0.2, 0.25) is 29.5 Å². The van der Waals surface area contributed by atoms with Gasteiger partial charge < -0.3 is 40.1 Å². The number of ether oxygens (including phenoxy) is 2. The van der Waals surface area contributed by atoms with Crippen molar-refractivity contribution >= 4 is 43.8 Å². The Morgan fingerprint density at radius 1 is 0.850 bits per heavy atom. The van der Waals surface area contributed by atoms with Gasteiger partial charge in [-0.1, -0.05) is 118 Å². The second kappa shape index (κ2) is 24.6. The van der Waals surface area contributed by atoms with E-state index in [0.29, 0.717) is 25.7 Å². The monoisotopic (exact) mass is 860 g/mol. The van der Waals surface area contributed by atoms with Crippen LogP contribution in [-0.2, 0) is 49.3 Å². The third kappa shape index (κ3) is 16.2. The van der Waals surface area contributed by atoms with Crippen LogP contribution in [0.15, 0.2) is 30.3 Å². The molecule has 15 heteroatoms. The number of amides is 5. The second-order valence-electron chi connectivity index (χ2n) is 18.5. The maximum Gasteiger partial charge on any atom is 0.325 e. The highest BCUT2D eigenvalue weighted by Crippen LogP contribution is 2.37. The highest BCUT2D eigenvalue weighted by Gasteiger charge is 2.43. The molecular weight excluding hydrogens is 783 g/mol. The van der Waals surface area contributed by atoms with Gasteiger partial charge in [-0.15, -0.1) is 0 Å². The molecule has 2 rings (SSSR count). The summed E-state index contributed by atoms with van der Waals surface area (Å²) in [5.41, 5.74) is 0.845. The summed E-state index contributed by atoms with van der Waals surface area (Å²) in [4.78, 5) is 86.2. The van der Waals surface area contributed by atoms with Crippen molar-refractivity contribution in [3.63, 3.8) is 0 Å². The van der Waals surface area contributed by atoms with Gasteiger partial charge in [-0.05, 0) is 61.7 Å². The molecule has 5 amide bonds. The first-order valence-corrected chi connectivity index (χ1v) is 24.9. The third-order valence-corrected chi connectivity index (χ3v) is 16.5. The molecule has 1 fully saturated rings. The number of carbonyl (C=O) groups is 6. The van der Waals surface area contributed by atoms with Crippen LogP contribution in [-0.4, -0.2) is 105 Å². The number of benzene rings is 1. The van der Waals surface area contributed by atoms with Crippen molar-refractivity contribution in [3.05, 3.63) is 35.9 Å². The maximum absolute atomic E-state index is 14.4. The van der Waals surface area contributed by atoms with Gasteiger partial charge in [0.05, 0.1) is 25.2 Å². The highest BCUT2D eigenvalue weighted by atomic mass is 28.4. The predicted octanol–water partition coefficient (Wildman–Crippen LogP) is 5.64. The van der Waals surface area contributed by atoms with Crippen LogP contribution < -0.4 is 21.3 Å². The zero-order valence-corrected chi connectivity index (χ0v) is 39.8. The van der Waals surface area contributed by atoms with Crippen molar-refractivity contribution in [1.82, 2.24) is 26.2 Å². The Bertz CT molecular complexity index is 1550. The molecule has 1 aliphatic heterocycles. The lowest BCUT2D eigenvalue weighted by Crippen LogP contribution is -2.62. The van der Waals surface area contributed by atoms with Crippen molar-refractivity contribution in [1.29, 1.82) is 0 Å². The summed E-state index contributed by atoms with van der Waals surface area (Å²) < 4.78 is 18.5. The summed E-state index contributed by atoms with van der Waals surface area (Å²) in [5, 5.41) is 11.0. The molecule has 1 aliphatic rings. The minimum Gasteiger partial charge on any atom is -0.460 e. The normalized spacial score (nSPS) is 24.6. The maximum atomic E-state index is 14.4. The molecule has 0 unspecified atom stereocenters. The SMILES string of the molecule is CCCCCC[C@H]1OC(=O)CNC(=O)[C@H]([C@H](C)O[Si](C)(C)C(C)(C)C)NC(=O)[C@H](COCc2ccccc2)NC(=O)[C@H]([C@H](C)CC)NC(=O)[C@H](CC(C)C)N(C)C(=O)[C@@H]1C. The summed E-state index contributed by atoms with van der Waals surface area (Å²) >= 11 is 0. The van der Waals surface area contributed by atoms with Gasteiger partial charge in [0.1, 0.15) is 36.8 Å². The number of cyclic esters (lactones) is 1. The number of nitrogens with zero attached hydrogens (tertiary/aromatic N) is 1. The van der Waals surface area contributed by atoms with Crippen LogP contribution in [0, 0.1) is 17.8 Å². The van der Waals surface area contributed by atoms with E-state index in [-0.39, 0.29) is 30.1 Å². The molecule has 4 N–H and O–H groups in total. The average Bonchev–Trinajstić information content (AvgIpc) is 3.18. The standard InChI is InChI=1S/C45H77N5O9Si/c1-14-16-17-21-24-36-31(6)44(56)50(11)35(25-29(3)4)41(53)48-38(30(5)15-2)43(55)47-34(28-57-27-33-22-19-18-20-23-33)40(52)49-39(42(54)46-26-37(51)58-36)32(7)59-60(12,13)45(8,9)10/h18-20,22-23,29-32,34-36,38-39H,14-17,21,24-28H2,1-13H3,(H,46,54)(H,47,55)(H,48,53)(H,49,52)/t30-,31-,32+,34+,35+,36-,38+,39+/m1/s1. The first-order chi connectivity index (χ1) is 28.0. The van der Waals surface area contributed by atoms with Crippen molar-refractivity contribution in [2.24, 2.45) is 17.8 Å². The molecule has 0 spiro atoms. The summed E-state index contributed by atoms with van der Waals surface area (Å²) in [6.45, 7) is 22.6. The van der Waals surface area contributed by atoms with E-state index in [2.05, 4.69) is 49.0 Å². The predicted molar refractivity (Wildman–Crippen MR) is 236 cm³/mol. The molecule has 1 heterocycles. The number of likely N-dealkylation sites (N-methyl/N-ethyl adjacent to an activating group) is 1. The zero-order valence-electron chi connectivity index (χ0n) is 38.8. The van der Waals surface area contributed by atoms with Crippen LogP contribution >= 0.6 is 0 Å². The van der Waals surface area contributed by atoms with E-state index in [4.69, 9.17) is 13.9 Å². The summed E-state index contributed by atoms with van der Waals surface area (Å²) in [6.07, 6.45) is 3.07. The van der Waals surface area contributed by atoms with E-state index in [1.807, 2.05) is 71.1 Å². The van der Waals surface area contributed by atoms with Crippen LogP contribution in [0.4, 0.5) is 0 Å². The quantitative estimate of drug-likeness (QED) is 0.0930. The molecule has 1 aromatic rings. The molecule has 0 saturated carbocycles. The smallest absolute Gasteiger partial charge is 0.325 e. The zero-order chi connectivity index (χ0) is 45.4. The topological polar surface area (TPSA) is 181 Å². The minimum atomic E-state index is -2.51. The van der Waals surface area contributed by atoms with E-state index < -0.39 is 92.7 Å². The molecule has 8 atom stereocenters. The number of hydrogen-bond donors (Lipinski definition) is 4. The lowest BCUT2D eigenvalue weighted by Gasteiger charge is -2.40. The first kappa shape index (κ1) is 52.3. The third-order valence-electron chi connectivity index (χ3n) is 12.0. The van der Waals surface area contributed by atoms with Crippen LogP contribution in [0.3, 0.4) is 0 Å². The molecule has 1 saturated heterocycles. The van der Waals surface area contributed by atoms with Gasteiger partial charge in [0.15, 0.2) is 8.32 Å². The summed E-state index contributed by atoms with van der Waals surface area (Å²) in [7, 11) is -0.950. The number of carbonyl (C=O) groups excluding carboxylic acids is 6. The molecule has 60 heavy (non-hydrogen) atoms. The molecule has 1 aromatic carbocycles. The molecule has 0 radical (unpaired) electrons. The first-order valence-electron chi connectivity index (χ1n) is 22.0. The van der Waals surface area contributed by atoms with Gasteiger partial charge in [-0.25, -0.2) is 0 Å². The molecule has 0 bridgehead atoms. The van der Waals surface area contributed by atoms with E-state index in [1.54, 1.807) is 20.9 Å². The molecular formula is C45H77N5O9Si. The van der Waals surface area contributed by atoms with Crippen LogP contribution in [0.2, 0.25) is 18.1 Å². The summed E-state index contributed by atoms with van der Waals surface area (Å²) in [6, 6.07) is 4.70. The molecule has 14 nitrogen and oxygen atoms in total. The van der Waals surface area contributed by atoms with E-state index >= 15 is 0 Å². The minimum absolute atomic E-state index is 0.000802. The van der Waals surface area contributed by atoms with Gasteiger partial charge in [-0.2, -0.15) is 0 Å². The van der Waals surface area contributed by atoms with Crippen molar-refractivity contribution in [2.75, 3.05) is 20.2 Å². The molecule has 0 aliphatic carbocycles. The molecule has 340 valence electrons. The van der Waals surface area contributed by atoms with E-state index in [9.17, 15) is 28.8 Å². The Hall–Kier alpha value is -3.82. The fourth-order valence-corrected chi connectivity index (χ4v) is 8.23. The largest absolute Gasteiger partial charge is 0.460 e. The number of nitrogens with one attached hydrogen (secondary N) is 4. The highest BCUT2D eigenvalue weighted by molar-refractivity contribution is 6.74. The van der Waals surface area contributed by atoms with Crippen molar-refractivity contribution < 1.29 is 42.7 Å². The number of rotatable bonds is 16. The van der Waals surface area contributed by atoms with Crippen LogP contribution in [0.5, 0.6) is 0 Å². The van der Waals surface area contributed by atoms with E-state index in [1.165, 1.54) is 4.90 Å². The fourth-order valence-electron chi connectivity index (χ4n) is 6.81. The van der Waals surface area contributed by atoms with Crippen molar-refractivity contribution in [3.8, 4) is 0 Å². The van der Waals surface area contributed by atoms with Gasteiger partial charge in [-0.3, -0.25) is 28.8 Å². The Labute approximate surface area is 360 Å². The number of hydrogen-bond acceptors (Lipinski definition) is 9. The molecule has 0 aromatic heterocycles. The van der Waals surface area contributed by atoms with Gasteiger partial charge in [0.25, 0.3) is 0 Å². The Morgan fingerprint density at radius 2 is 1.48 bits per heavy atom. The number of esters is 1. The average molecular weight is 860 g/mol.